The average Bonchev–Trinajstić information content (AvgIpc) is 2.94. The molecule has 1 aromatic rings. The Hall–Kier alpha value is -1.43. The largest absolute Gasteiger partial charge is 0.357 e. The lowest BCUT2D eigenvalue weighted by Crippen LogP contribution is -2.19. The van der Waals surface area contributed by atoms with Gasteiger partial charge in [-0.3, -0.25) is 14.9 Å². The summed E-state index contributed by atoms with van der Waals surface area (Å²) >= 11 is 1.25. The number of ketones is 1. The number of thiophene rings is 1. The van der Waals surface area contributed by atoms with E-state index in [2.05, 4.69) is 11.8 Å². The van der Waals surface area contributed by atoms with Crippen molar-refractivity contribution >= 4 is 27.8 Å². The van der Waals surface area contributed by atoms with E-state index >= 15 is 0 Å². The second-order valence-corrected chi connectivity index (χ2v) is 6.03. The van der Waals surface area contributed by atoms with Gasteiger partial charge in [-0.05, 0) is 25.7 Å². The first-order valence-electron chi connectivity index (χ1n) is 6.57. The van der Waals surface area contributed by atoms with Gasteiger partial charge in [0.25, 0.3) is 0 Å². The van der Waals surface area contributed by atoms with Crippen LogP contribution in [0.25, 0.3) is 0 Å². The van der Waals surface area contributed by atoms with Crippen LogP contribution < -0.4 is 4.90 Å². The van der Waals surface area contributed by atoms with Gasteiger partial charge in [-0.25, -0.2) is 0 Å². The maximum Gasteiger partial charge on any atom is 0.304 e. The number of hydrogen-bond donors (Lipinski definition) is 0. The van der Waals surface area contributed by atoms with Crippen molar-refractivity contribution in [3.8, 4) is 0 Å². The molecule has 5 nitrogen and oxygen atoms in total. The molecule has 1 fully saturated rings. The highest BCUT2D eigenvalue weighted by atomic mass is 32.1. The minimum Gasteiger partial charge on any atom is -0.357 e. The van der Waals surface area contributed by atoms with Crippen LogP contribution in [0.5, 0.6) is 0 Å². The van der Waals surface area contributed by atoms with Gasteiger partial charge in [-0.1, -0.05) is 13.3 Å². The predicted molar refractivity (Wildman–Crippen MR) is 76.2 cm³/mol. The van der Waals surface area contributed by atoms with E-state index in [4.69, 9.17) is 0 Å². The fourth-order valence-corrected chi connectivity index (χ4v) is 3.62. The molecule has 1 atom stereocenters. The highest BCUT2D eigenvalue weighted by molar-refractivity contribution is 7.18. The van der Waals surface area contributed by atoms with Crippen molar-refractivity contribution < 1.29 is 9.72 Å². The van der Waals surface area contributed by atoms with Crippen LogP contribution in [0.15, 0.2) is 6.07 Å². The molecule has 0 saturated carbocycles. The molecule has 6 heteroatoms. The quantitative estimate of drug-likeness (QED) is 0.471. The monoisotopic (exact) mass is 282 g/mol. The first-order valence-corrected chi connectivity index (χ1v) is 7.38. The van der Waals surface area contributed by atoms with E-state index in [1.807, 2.05) is 0 Å². The van der Waals surface area contributed by atoms with Gasteiger partial charge in [0.1, 0.15) is 0 Å². The SMILES string of the molecule is CCCC1CCN(c2sc(C(C)=O)cc2[N+](=O)[O-])C1. The van der Waals surface area contributed by atoms with E-state index in [1.165, 1.54) is 24.3 Å². The van der Waals surface area contributed by atoms with E-state index in [1.54, 1.807) is 0 Å². The lowest BCUT2D eigenvalue weighted by Gasteiger charge is -2.15. The molecule has 0 bridgehead atoms. The first-order chi connectivity index (χ1) is 9.02. The third kappa shape index (κ3) is 2.94. The molecule has 0 radical (unpaired) electrons. The molecule has 19 heavy (non-hydrogen) atoms. The summed E-state index contributed by atoms with van der Waals surface area (Å²) in [6.07, 6.45) is 3.39. The van der Waals surface area contributed by atoms with Crippen LogP contribution in [0, 0.1) is 16.0 Å². The molecule has 1 unspecified atom stereocenters. The molecular weight excluding hydrogens is 264 g/mol. The van der Waals surface area contributed by atoms with Crippen molar-refractivity contribution in [2.75, 3.05) is 18.0 Å². The van der Waals surface area contributed by atoms with E-state index in [-0.39, 0.29) is 16.4 Å². The maximum absolute atomic E-state index is 11.4. The van der Waals surface area contributed by atoms with Gasteiger partial charge < -0.3 is 4.90 Å². The number of nitro groups is 1. The molecular formula is C13H18N2O3S. The minimum atomic E-state index is -0.384. The molecule has 1 saturated heterocycles. The van der Waals surface area contributed by atoms with Gasteiger partial charge in [0.05, 0.1) is 9.80 Å². The molecule has 2 rings (SSSR count). The van der Waals surface area contributed by atoms with Crippen LogP contribution in [-0.2, 0) is 0 Å². The number of anilines is 1. The van der Waals surface area contributed by atoms with Gasteiger partial charge in [0.15, 0.2) is 10.8 Å². The van der Waals surface area contributed by atoms with Gasteiger partial charge in [0, 0.05) is 19.2 Å². The summed E-state index contributed by atoms with van der Waals surface area (Å²) in [5.41, 5.74) is 0.0762. The highest BCUT2D eigenvalue weighted by Crippen LogP contribution is 2.40. The summed E-state index contributed by atoms with van der Waals surface area (Å²) in [4.78, 5) is 24.6. The van der Waals surface area contributed by atoms with Crippen LogP contribution in [0.3, 0.4) is 0 Å². The predicted octanol–water partition coefficient (Wildman–Crippen LogP) is 3.49. The van der Waals surface area contributed by atoms with Gasteiger partial charge in [0.2, 0.25) is 0 Å². The summed E-state index contributed by atoms with van der Waals surface area (Å²) < 4.78 is 0. The summed E-state index contributed by atoms with van der Waals surface area (Å²) in [6, 6.07) is 1.41. The van der Waals surface area contributed by atoms with Crippen molar-refractivity contribution in [2.45, 2.75) is 33.1 Å². The average molecular weight is 282 g/mol. The summed E-state index contributed by atoms with van der Waals surface area (Å²) in [7, 11) is 0. The van der Waals surface area contributed by atoms with Crippen LogP contribution in [-0.4, -0.2) is 23.8 Å². The third-order valence-electron chi connectivity index (χ3n) is 3.51. The lowest BCUT2D eigenvalue weighted by atomic mass is 10.0. The standard InChI is InChI=1S/C13H18N2O3S/c1-3-4-10-5-6-14(8-10)13-11(15(17)18)7-12(19-13)9(2)16/h7,10H,3-6,8H2,1-2H3. The Kier molecular flexibility index (Phi) is 4.19. The van der Waals surface area contributed by atoms with E-state index in [9.17, 15) is 14.9 Å². The maximum atomic E-state index is 11.4. The number of nitrogens with zero attached hydrogens (tertiary/aromatic N) is 2. The molecule has 1 aliphatic heterocycles. The number of rotatable bonds is 5. The lowest BCUT2D eigenvalue weighted by molar-refractivity contribution is -0.383. The Morgan fingerprint density at radius 3 is 2.95 bits per heavy atom. The topological polar surface area (TPSA) is 63.5 Å². The van der Waals surface area contributed by atoms with Crippen molar-refractivity contribution in [1.82, 2.24) is 0 Å². The van der Waals surface area contributed by atoms with Crippen molar-refractivity contribution in [3.05, 3.63) is 21.1 Å². The fraction of sp³-hybridized carbons (Fsp3) is 0.615. The van der Waals surface area contributed by atoms with Gasteiger partial charge >= 0.3 is 5.69 Å². The third-order valence-corrected chi connectivity index (χ3v) is 4.79. The molecule has 0 spiro atoms. The second-order valence-electron chi connectivity index (χ2n) is 5.00. The van der Waals surface area contributed by atoms with E-state index < -0.39 is 0 Å². The molecule has 1 aliphatic rings. The molecule has 0 N–H and O–H groups in total. The summed E-state index contributed by atoms with van der Waals surface area (Å²) in [5.74, 6) is 0.510. The fourth-order valence-electron chi connectivity index (χ4n) is 2.56. The molecule has 104 valence electrons. The van der Waals surface area contributed by atoms with Crippen molar-refractivity contribution in [2.24, 2.45) is 5.92 Å². The molecule has 0 aromatic carbocycles. The normalized spacial score (nSPS) is 18.8. The van der Waals surface area contributed by atoms with Gasteiger partial charge in [-0.2, -0.15) is 0 Å². The summed E-state index contributed by atoms with van der Waals surface area (Å²) in [5, 5.41) is 11.7. The Balaban J connectivity index is 2.24. The second kappa shape index (κ2) is 5.69. The van der Waals surface area contributed by atoms with Crippen LogP contribution in [0.4, 0.5) is 10.7 Å². The molecule has 2 heterocycles. The molecule has 1 aromatic heterocycles. The first kappa shape index (κ1) is 14.0. The highest BCUT2D eigenvalue weighted by Gasteiger charge is 2.30. The Bertz CT molecular complexity index is 498. The zero-order valence-electron chi connectivity index (χ0n) is 11.2. The number of carbonyl (C=O) groups is 1. The Labute approximate surface area is 116 Å². The summed E-state index contributed by atoms with van der Waals surface area (Å²) in [6.45, 7) is 5.32. The number of carbonyl (C=O) groups excluding carboxylic acids is 1. The minimum absolute atomic E-state index is 0.0762. The Morgan fingerprint density at radius 2 is 2.37 bits per heavy atom. The Morgan fingerprint density at radius 1 is 1.63 bits per heavy atom. The number of hydrogen-bond acceptors (Lipinski definition) is 5. The van der Waals surface area contributed by atoms with Crippen molar-refractivity contribution in [3.63, 3.8) is 0 Å². The van der Waals surface area contributed by atoms with Crippen LogP contribution in [0.1, 0.15) is 42.8 Å². The zero-order chi connectivity index (χ0) is 14.0. The van der Waals surface area contributed by atoms with Crippen LogP contribution >= 0.6 is 11.3 Å². The smallest absolute Gasteiger partial charge is 0.304 e. The van der Waals surface area contributed by atoms with Gasteiger partial charge in [-0.15, -0.1) is 11.3 Å². The van der Waals surface area contributed by atoms with E-state index in [0.29, 0.717) is 15.8 Å². The van der Waals surface area contributed by atoms with Crippen LogP contribution in [0.2, 0.25) is 0 Å². The molecule has 0 aliphatic carbocycles. The zero-order valence-corrected chi connectivity index (χ0v) is 12.0. The number of Topliss-reactive ketones (excluding diaryl/α,β-unsaturated/α-hetero) is 1. The van der Waals surface area contributed by atoms with E-state index in [0.717, 1.165) is 32.4 Å². The molecule has 0 amide bonds. The van der Waals surface area contributed by atoms with Crippen molar-refractivity contribution in [1.29, 1.82) is 0 Å².